The minimum absolute atomic E-state index is 0.289. The number of alkyl halides is 3. The molecule has 0 radical (unpaired) electrons. The summed E-state index contributed by atoms with van der Waals surface area (Å²) >= 11 is 0. The quantitative estimate of drug-likeness (QED) is 0.772. The van der Waals surface area contributed by atoms with Crippen LogP contribution in [0.4, 0.5) is 24.5 Å². The maximum Gasteiger partial charge on any atom is 0.418 e. The molecule has 1 atom stereocenters. The highest BCUT2D eigenvalue weighted by Crippen LogP contribution is 2.34. The molecular weight excluding hydrogens is 385 g/mol. The number of rotatable bonds is 6. The maximum atomic E-state index is 13.0. The molecule has 0 aliphatic heterocycles. The summed E-state index contributed by atoms with van der Waals surface area (Å²) in [6.45, 7) is 1.24. The monoisotopic (exact) mass is 404 g/mol. The van der Waals surface area contributed by atoms with Gasteiger partial charge in [0.05, 0.1) is 35.1 Å². The largest absolute Gasteiger partial charge is 0.418 e. The van der Waals surface area contributed by atoms with Gasteiger partial charge in [0, 0.05) is 0 Å². The molecule has 2 aromatic rings. The van der Waals surface area contributed by atoms with Crippen LogP contribution in [0.1, 0.15) is 18.1 Å². The van der Waals surface area contributed by atoms with Gasteiger partial charge in [0.1, 0.15) is 6.07 Å². The predicted molar refractivity (Wildman–Crippen MR) is 102 cm³/mol. The van der Waals surface area contributed by atoms with E-state index in [-0.39, 0.29) is 17.8 Å². The van der Waals surface area contributed by atoms with E-state index in [1.807, 2.05) is 6.07 Å². The van der Waals surface area contributed by atoms with E-state index in [2.05, 4.69) is 10.6 Å². The van der Waals surface area contributed by atoms with Gasteiger partial charge in [-0.05, 0) is 38.2 Å². The highest BCUT2D eigenvalue weighted by atomic mass is 19.4. The Morgan fingerprint density at radius 2 is 1.66 bits per heavy atom. The number of amides is 2. The molecule has 1 unspecified atom stereocenters. The van der Waals surface area contributed by atoms with Crippen LogP contribution in [0, 0.1) is 11.3 Å². The van der Waals surface area contributed by atoms with E-state index in [9.17, 15) is 22.8 Å². The molecule has 9 heteroatoms. The van der Waals surface area contributed by atoms with Crippen LogP contribution >= 0.6 is 0 Å². The molecule has 2 rings (SSSR count). The molecule has 29 heavy (non-hydrogen) atoms. The van der Waals surface area contributed by atoms with Gasteiger partial charge in [-0.2, -0.15) is 18.4 Å². The molecule has 0 bridgehead atoms. The third-order valence-electron chi connectivity index (χ3n) is 4.25. The van der Waals surface area contributed by atoms with Crippen molar-refractivity contribution in [2.24, 2.45) is 0 Å². The zero-order valence-corrected chi connectivity index (χ0v) is 15.7. The van der Waals surface area contributed by atoms with Crippen LogP contribution in [-0.4, -0.2) is 36.3 Å². The number of para-hydroxylation sites is 2. The zero-order chi connectivity index (χ0) is 21.6. The Balaban J connectivity index is 2.01. The molecule has 2 amide bonds. The fraction of sp³-hybridized carbons (Fsp3) is 0.250. The minimum Gasteiger partial charge on any atom is -0.324 e. The molecule has 0 aliphatic rings. The second-order valence-corrected chi connectivity index (χ2v) is 6.33. The van der Waals surface area contributed by atoms with E-state index < -0.39 is 29.6 Å². The first-order chi connectivity index (χ1) is 13.6. The van der Waals surface area contributed by atoms with Gasteiger partial charge in [-0.3, -0.25) is 14.5 Å². The second kappa shape index (κ2) is 9.21. The van der Waals surface area contributed by atoms with Gasteiger partial charge in [0.2, 0.25) is 11.8 Å². The van der Waals surface area contributed by atoms with E-state index in [0.717, 1.165) is 12.1 Å². The fourth-order valence-electron chi connectivity index (χ4n) is 2.52. The van der Waals surface area contributed by atoms with E-state index in [4.69, 9.17) is 5.26 Å². The second-order valence-electron chi connectivity index (χ2n) is 6.33. The van der Waals surface area contributed by atoms with E-state index >= 15 is 0 Å². The van der Waals surface area contributed by atoms with Gasteiger partial charge in [0.15, 0.2) is 0 Å². The first-order valence-corrected chi connectivity index (χ1v) is 8.59. The Kier molecular flexibility index (Phi) is 6.96. The maximum absolute atomic E-state index is 13.0. The van der Waals surface area contributed by atoms with Gasteiger partial charge in [-0.15, -0.1) is 0 Å². The van der Waals surface area contributed by atoms with Crippen LogP contribution in [-0.2, 0) is 15.8 Å². The molecule has 2 N–H and O–H groups in total. The lowest BCUT2D eigenvalue weighted by Crippen LogP contribution is -2.43. The third-order valence-corrected chi connectivity index (χ3v) is 4.25. The van der Waals surface area contributed by atoms with Crippen molar-refractivity contribution in [2.45, 2.75) is 19.1 Å². The number of benzene rings is 2. The summed E-state index contributed by atoms with van der Waals surface area (Å²) in [4.78, 5) is 26.0. The zero-order valence-electron chi connectivity index (χ0n) is 15.7. The van der Waals surface area contributed by atoms with Crippen LogP contribution in [0.25, 0.3) is 0 Å². The molecule has 0 fully saturated rings. The fourth-order valence-corrected chi connectivity index (χ4v) is 2.52. The number of nitrogens with zero attached hydrogens (tertiary/aromatic N) is 2. The highest BCUT2D eigenvalue weighted by molar-refractivity contribution is 5.97. The van der Waals surface area contributed by atoms with Crippen molar-refractivity contribution in [3.05, 3.63) is 59.7 Å². The number of hydrogen-bond acceptors (Lipinski definition) is 4. The number of carbonyl (C=O) groups excluding carboxylic acids is 2. The molecule has 0 spiro atoms. The molecule has 0 saturated carbocycles. The van der Waals surface area contributed by atoms with Gasteiger partial charge in [-0.25, -0.2) is 0 Å². The van der Waals surface area contributed by atoms with Gasteiger partial charge in [0.25, 0.3) is 0 Å². The van der Waals surface area contributed by atoms with Gasteiger partial charge in [-0.1, -0.05) is 24.3 Å². The lowest BCUT2D eigenvalue weighted by atomic mass is 10.1. The van der Waals surface area contributed by atoms with Crippen LogP contribution in [0.3, 0.4) is 0 Å². The number of halogens is 3. The van der Waals surface area contributed by atoms with Crippen molar-refractivity contribution in [3.63, 3.8) is 0 Å². The highest BCUT2D eigenvalue weighted by Gasteiger charge is 2.33. The van der Waals surface area contributed by atoms with Crippen LogP contribution < -0.4 is 10.6 Å². The predicted octanol–water partition coefficient (Wildman–Crippen LogP) is 3.47. The van der Waals surface area contributed by atoms with Gasteiger partial charge >= 0.3 is 6.18 Å². The van der Waals surface area contributed by atoms with E-state index in [1.54, 1.807) is 31.2 Å². The van der Waals surface area contributed by atoms with Crippen molar-refractivity contribution in [2.75, 3.05) is 24.2 Å². The Labute approximate surface area is 165 Å². The van der Waals surface area contributed by atoms with Crippen LogP contribution in [0.5, 0.6) is 0 Å². The Hall–Kier alpha value is -3.38. The molecule has 2 aromatic carbocycles. The summed E-state index contributed by atoms with van der Waals surface area (Å²) in [7, 11) is 1.50. The number of carbonyl (C=O) groups is 2. The van der Waals surface area contributed by atoms with Crippen molar-refractivity contribution < 1.29 is 22.8 Å². The molecule has 6 nitrogen and oxygen atoms in total. The summed E-state index contributed by atoms with van der Waals surface area (Å²) < 4.78 is 39.1. The number of likely N-dealkylation sites (N-methyl/N-ethyl adjacent to an activating group) is 1. The number of anilines is 2. The topological polar surface area (TPSA) is 85.2 Å². The number of hydrogen-bond donors (Lipinski definition) is 2. The molecular formula is C20H19F3N4O2. The first-order valence-electron chi connectivity index (χ1n) is 8.59. The lowest BCUT2D eigenvalue weighted by molar-refractivity contribution is -0.137. The average molecular weight is 404 g/mol. The normalized spacial score (nSPS) is 12.2. The van der Waals surface area contributed by atoms with E-state index in [0.29, 0.717) is 5.69 Å². The molecule has 0 saturated heterocycles. The number of nitrogens with one attached hydrogen (secondary N) is 2. The summed E-state index contributed by atoms with van der Waals surface area (Å²) in [5, 5.41) is 13.9. The Morgan fingerprint density at radius 3 is 2.28 bits per heavy atom. The summed E-state index contributed by atoms with van der Waals surface area (Å²) in [6.07, 6.45) is -4.60. The van der Waals surface area contributed by atoms with Crippen molar-refractivity contribution >= 4 is 23.2 Å². The summed E-state index contributed by atoms with van der Waals surface area (Å²) in [5.74, 6) is -1.15. The first kappa shape index (κ1) is 21.9. The summed E-state index contributed by atoms with van der Waals surface area (Å²) in [6, 6.07) is 12.3. The average Bonchev–Trinajstić information content (AvgIpc) is 2.67. The molecule has 152 valence electrons. The van der Waals surface area contributed by atoms with Crippen molar-refractivity contribution in [1.29, 1.82) is 5.26 Å². The Morgan fingerprint density at radius 1 is 1.07 bits per heavy atom. The lowest BCUT2D eigenvalue weighted by Gasteiger charge is -2.24. The number of nitriles is 1. The van der Waals surface area contributed by atoms with Crippen LogP contribution in [0.2, 0.25) is 0 Å². The van der Waals surface area contributed by atoms with Crippen molar-refractivity contribution in [1.82, 2.24) is 4.90 Å². The minimum atomic E-state index is -4.60. The standard InChI is InChI=1S/C20H19F3N4O2/c1-13(19(29)26-16-9-5-3-7-14(16)11-24)27(2)12-18(28)25-17-10-6-4-8-15(17)20(21,22)23/h3-10,13H,12H2,1-2H3,(H,25,28)(H,26,29). The molecule has 0 aliphatic carbocycles. The van der Waals surface area contributed by atoms with E-state index in [1.165, 1.54) is 24.1 Å². The smallest absolute Gasteiger partial charge is 0.324 e. The third kappa shape index (κ3) is 5.80. The SMILES string of the molecule is CC(C(=O)Nc1ccccc1C#N)N(C)CC(=O)Nc1ccccc1C(F)(F)F. The van der Waals surface area contributed by atoms with Gasteiger partial charge < -0.3 is 10.6 Å². The van der Waals surface area contributed by atoms with Crippen LogP contribution in [0.15, 0.2) is 48.5 Å². The summed E-state index contributed by atoms with van der Waals surface area (Å²) in [5.41, 5.74) is -0.672. The Bertz CT molecular complexity index is 938. The van der Waals surface area contributed by atoms with Crippen molar-refractivity contribution in [3.8, 4) is 6.07 Å². The molecule has 0 aromatic heterocycles. The molecule has 0 heterocycles.